The number of esters is 6. The molecule has 0 aromatic heterocycles. The molecule has 342 valence electrons. The van der Waals surface area contributed by atoms with Crippen molar-refractivity contribution >= 4 is 47.6 Å². The van der Waals surface area contributed by atoms with E-state index in [1.165, 1.54) is 13.8 Å². The summed E-state index contributed by atoms with van der Waals surface area (Å²) in [6, 6.07) is -2.25. The standard InChI is InChI=1S/C37H60N4O19/c1-20(42)40-31-27(52-15-13-50-11-9-38)17-26(33(56-23(4)45)35(31)58-25(6)47)18-55-29(48)7-8-30(49)60-36-32(41-21(2)43)37(53-16-14-51-12-10-39)59-28(19-54-22(3)44)34(36)57-24(5)46/h26-28,31-37H,7-19,38-39H2,1-6H3,(H,40,42)(H,41,43). The van der Waals surface area contributed by atoms with Gasteiger partial charge in [-0.25, -0.2) is 0 Å². The van der Waals surface area contributed by atoms with Crippen molar-refractivity contribution in [1.82, 2.24) is 10.6 Å². The number of nitrogens with two attached hydrogens (primary N) is 2. The predicted molar refractivity (Wildman–Crippen MR) is 201 cm³/mol. The number of hydrogen-bond acceptors (Lipinski definition) is 21. The van der Waals surface area contributed by atoms with Gasteiger partial charge in [-0.2, -0.15) is 0 Å². The van der Waals surface area contributed by atoms with Gasteiger partial charge in [0.05, 0.1) is 71.2 Å². The number of ether oxygens (including phenoxy) is 11. The Morgan fingerprint density at radius 2 is 1.07 bits per heavy atom. The van der Waals surface area contributed by atoms with Crippen LogP contribution in [0.25, 0.3) is 0 Å². The first kappa shape index (κ1) is 51.6. The minimum atomic E-state index is -1.48. The van der Waals surface area contributed by atoms with Crippen molar-refractivity contribution < 1.29 is 90.5 Å². The molecule has 10 atom stereocenters. The number of hydrogen-bond donors (Lipinski definition) is 4. The second-order valence-electron chi connectivity index (χ2n) is 13.7. The summed E-state index contributed by atoms with van der Waals surface area (Å²) in [7, 11) is 0. The van der Waals surface area contributed by atoms with Gasteiger partial charge in [0.1, 0.15) is 24.9 Å². The molecular weight excluding hydrogens is 804 g/mol. The van der Waals surface area contributed by atoms with Crippen molar-refractivity contribution in [3.63, 3.8) is 0 Å². The molecule has 1 saturated carbocycles. The van der Waals surface area contributed by atoms with E-state index in [-0.39, 0.29) is 59.2 Å². The Kier molecular flexibility index (Phi) is 23.5. The van der Waals surface area contributed by atoms with Crippen LogP contribution < -0.4 is 22.1 Å². The number of amides is 2. The lowest BCUT2D eigenvalue weighted by Gasteiger charge is -2.45. The van der Waals surface area contributed by atoms with E-state index in [0.29, 0.717) is 0 Å². The molecule has 1 heterocycles. The van der Waals surface area contributed by atoms with Crippen molar-refractivity contribution in [1.29, 1.82) is 0 Å². The molecule has 23 heteroatoms. The lowest BCUT2D eigenvalue weighted by Crippen LogP contribution is -2.66. The third-order valence-corrected chi connectivity index (χ3v) is 8.67. The molecule has 10 unspecified atom stereocenters. The second-order valence-corrected chi connectivity index (χ2v) is 13.7. The number of carbonyl (C=O) groups is 8. The summed E-state index contributed by atoms with van der Waals surface area (Å²) in [5, 5.41) is 5.30. The Labute approximate surface area is 347 Å². The van der Waals surface area contributed by atoms with Gasteiger partial charge >= 0.3 is 35.8 Å². The minimum Gasteiger partial charge on any atom is -0.465 e. The smallest absolute Gasteiger partial charge is 0.306 e. The number of rotatable bonds is 25. The minimum absolute atomic E-state index is 0.0508. The van der Waals surface area contributed by atoms with Gasteiger partial charge in [0, 0.05) is 60.5 Å². The summed E-state index contributed by atoms with van der Waals surface area (Å²) in [6.07, 6.45) is -9.83. The molecule has 1 aliphatic heterocycles. The van der Waals surface area contributed by atoms with Gasteiger partial charge < -0.3 is 74.2 Å². The molecule has 0 aromatic rings. The summed E-state index contributed by atoms with van der Waals surface area (Å²) in [6.45, 7) is 7.30. The Bertz CT molecular complexity index is 1430. The molecule has 0 aromatic carbocycles. The van der Waals surface area contributed by atoms with Crippen LogP contribution >= 0.6 is 0 Å². The molecule has 1 saturated heterocycles. The summed E-state index contributed by atoms with van der Waals surface area (Å²) < 4.78 is 61.5. The Morgan fingerprint density at radius 3 is 1.62 bits per heavy atom. The van der Waals surface area contributed by atoms with Gasteiger partial charge in [-0.1, -0.05) is 0 Å². The van der Waals surface area contributed by atoms with Crippen LogP contribution in [0.15, 0.2) is 0 Å². The summed E-state index contributed by atoms with van der Waals surface area (Å²) in [4.78, 5) is 99.5. The van der Waals surface area contributed by atoms with E-state index in [2.05, 4.69) is 10.6 Å². The molecule has 2 amide bonds. The van der Waals surface area contributed by atoms with E-state index in [0.717, 1.165) is 27.7 Å². The molecule has 1 aliphatic carbocycles. The Hall–Kier alpha value is -4.52. The van der Waals surface area contributed by atoms with Gasteiger partial charge in [-0.15, -0.1) is 0 Å². The Balaban J connectivity index is 2.28. The largest absolute Gasteiger partial charge is 0.465 e. The second kappa shape index (κ2) is 27.3. The zero-order valence-corrected chi connectivity index (χ0v) is 34.9. The highest BCUT2D eigenvalue weighted by Gasteiger charge is 2.52. The van der Waals surface area contributed by atoms with Crippen molar-refractivity contribution in [2.45, 2.75) is 116 Å². The van der Waals surface area contributed by atoms with Gasteiger partial charge in [-0.3, -0.25) is 38.4 Å². The fraction of sp³-hybridized carbons (Fsp3) is 0.784. The average molecular weight is 865 g/mol. The van der Waals surface area contributed by atoms with Gasteiger partial charge in [0.25, 0.3) is 0 Å². The first-order valence-electron chi connectivity index (χ1n) is 19.5. The number of nitrogens with one attached hydrogen (secondary N) is 2. The highest BCUT2D eigenvalue weighted by molar-refractivity contribution is 5.78. The van der Waals surface area contributed by atoms with Crippen LogP contribution in [0.5, 0.6) is 0 Å². The molecule has 2 aliphatic rings. The molecule has 2 rings (SSSR count). The fourth-order valence-electron chi connectivity index (χ4n) is 6.48. The van der Waals surface area contributed by atoms with Crippen LogP contribution in [0.2, 0.25) is 0 Å². The fourth-order valence-corrected chi connectivity index (χ4v) is 6.48. The third-order valence-electron chi connectivity index (χ3n) is 8.67. The van der Waals surface area contributed by atoms with Gasteiger partial charge in [0.2, 0.25) is 11.8 Å². The maximum Gasteiger partial charge on any atom is 0.306 e. The highest BCUT2D eigenvalue weighted by Crippen LogP contribution is 2.33. The zero-order chi connectivity index (χ0) is 44.8. The van der Waals surface area contributed by atoms with E-state index in [4.69, 9.17) is 63.6 Å². The van der Waals surface area contributed by atoms with Crippen molar-refractivity contribution in [3.8, 4) is 0 Å². The van der Waals surface area contributed by atoms with Crippen LogP contribution in [0.4, 0.5) is 0 Å². The molecule has 60 heavy (non-hydrogen) atoms. The lowest BCUT2D eigenvalue weighted by molar-refractivity contribution is -0.279. The summed E-state index contributed by atoms with van der Waals surface area (Å²) >= 11 is 0. The van der Waals surface area contributed by atoms with Crippen molar-refractivity contribution in [2.75, 3.05) is 65.9 Å². The summed E-state index contributed by atoms with van der Waals surface area (Å²) in [5.41, 5.74) is 10.9. The summed E-state index contributed by atoms with van der Waals surface area (Å²) in [5.74, 6) is -6.79. The van der Waals surface area contributed by atoms with E-state index < -0.39 is 135 Å². The number of carbonyl (C=O) groups excluding carboxylic acids is 8. The van der Waals surface area contributed by atoms with E-state index in [1.807, 2.05) is 0 Å². The van der Waals surface area contributed by atoms with Crippen LogP contribution in [-0.4, -0.2) is 169 Å². The third kappa shape index (κ3) is 18.8. The molecule has 0 radical (unpaired) electrons. The van der Waals surface area contributed by atoms with Crippen molar-refractivity contribution in [3.05, 3.63) is 0 Å². The van der Waals surface area contributed by atoms with E-state index >= 15 is 0 Å². The lowest BCUT2D eigenvalue weighted by atomic mass is 9.79. The van der Waals surface area contributed by atoms with E-state index in [1.54, 1.807) is 0 Å². The van der Waals surface area contributed by atoms with Crippen LogP contribution in [0.1, 0.15) is 60.8 Å². The first-order valence-corrected chi connectivity index (χ1v) is 19.5. The molecule has 6 N–H and O–H groups in total. The maximum absolute atomic E-state index is 13.4. The Morgan fingerprint density at radius 1 is 0.550 bits per heavy atom. The molecular formula is C37H60N4O19. The molecule has 0 spiro atoms. The first-order chi connectivity index (χ1) is 28.5. The normalized spacial score (nSPS) is 26.1. The van der Waals surface area contributed by atoms with Crippen LogP contribution in [0.3, 0.4) is 0 Å². The van der Waals surface area contributed by atoms with Crippen LogP contribution in [-0.2, 0) is 90.5 Å². The average Bonchev–Trinajstić information content (AvgIpc) is 3.15. The van der Waals surface area contributed by atoms with Crippen molar-refractivity contribution in [2.24, 2.45) is 17.4 Å². The monoisotopic (exact) mass is 864 g/mol. The predicted octanol–water partition coefficient (Wildman–Crippen LogP) is -2.31. The van der Waals surface area contributed by atoms with Gasteiger partial charge in [-0.05, 0) is 6.42 Å². The molecule has 0 bridgehead atoms. The quantitative estimate of drug-likeness (QED) is 0.0425. The van der Waals surface area contributed by atoms with Crippen LogP contribution in [0, 0.1) is 5.92 Å². The van der Waals surface area contributed by atoms with E-state index in [9.17, 15) is 38.4 Å². The highest BCUT2D eigenvalue weighted by atomic mass is 16.7. The maximum atomic E-state index is 13.4. The molecule has 2 fully saturated rings. The SMILES string of the molecule is CC(=O)NC1C(OCCOCCN)CC(COC(=O)CCC(=O)OC2C(NC(C)=O)C(OCCOCCN)OC(COC(C)=O)C2OC(C)=O)C(OC(C)=O)C1OC(C)=O. The molecule has 23 nitrogen and oxygen atoms in total. The zero-order valence-electron chi connectivity index (χ0n) is 34.9. The topological polar surface area (TPSA) is 314 Å². The van der Waals surface area contributed by atoms with Gasteiger partial charge in [0.15, 0.2) is 24.6 Å².